The molecular formula is C33H34O6. The van der Waals surface area contributed by atoms with Crippen LogP contribution in [-0.2, 0) is 12.8 Å². The van der Waals surface area contributed by atoms with Crippen LogP contribution in [-0.4, -0.2) is 37.3 Å². The highest BCUT2D eigenvalue weighted by Crippen LogP contribution is 2.26. The highest BCUT2D eigenvalue weighted by Gasteiger charge is 2.08. The predicted octanol–water partition coefficient (Wildman–Crippen LogP) is 6.88. The Hall–Kier alpha value is -4.71. The van der Waals surface area contributed by atoms with Crippen molar-refractivity contribution in [3.8, 4) is 28.7 Å². The number of ketones is 1. The summed E-state index contributed by atoms with van der Waals surface area (Å²) >= 11 is 0. The van der Waals surface area contributed by atoms with Crippen molar-refractivity contribution in [2.24, 2.45) is 0 Å². The Morgan fingerprint density at radius 2 is 1.36 bits per heavy atom. The summed E-state index contributed by atoms with van der Waals surface area (Å²) in [7, 11) is 4.80. The molecule has 0 fully saturated rings. The Morgan fingerprint density at radius 1 is 0.718 bits per heavy atom. The quantitative estimate of drug-likeness (QED) is 0.173. The van der Waals surface area contributed by atoms with Crippen LogP contribution in [0.1, 0.15) is 33.5 Å². The molecule has 0 aliphatic carbocycles. The second kappa shape index (κ2) is 14.9. The zero-order valence-corrected chi connectivity index (χ0v) is 22.5. The van der Waals surface area contributed by atoms with Gasteiger partial charge in [-0.25, -0.2) is 0 Å². The van der Waals surface area contributed by atoms with Gasteiger partial charge in [0.25, 0.3) is 0 Å². The van der Waals surface area contributed by atoms with Crippen LogP contribution in [0, 0.1) is 0 Å². The summed E-state index contributed by atoms with van der Waals surface area (Å²) in [6.07, 6.45) is 5.99. The van der Waals surface area contributed by atoms with Gasteiger partial charge < -0.3 is 24.4 Å². The first kappa shape index (κ1) is 28.9. The topological polar surface area (TPSA) is 85.2 Å². The number of aryl methyl sites for hydroxylation is 2. The molecule has 6 nitrogen and oxygen atoms in total. The van der Waals surface area contributed by atoms with E-state index in [0.29, 0.717) is 17.2 Å². The molecule has 0 unspecified atom stereocenters. The molecule has 0 spiro atoms. The van der Waals surface area contributed by atoms with E-state index >= 15 is 0 Å². The second-order valence-corrected chi connectivity index (χ2v) is 8.65. The van der Waals surface area contributed by atoms with E-state index in [2.05, 4.69) is 12.1 Å². The minimum Gasteiger partial charge on any atom is -0.508 e. The summed E-state index contributed by atoms with van der Waals surface area (Å²) in [5.74, 6) is 2.26. The molecule has 0 bridgehead atoms. The van der Waals surface area contributed by atoms with E-state index in [4.69, 9.17) is 14.2 Å². The highest BCUT2D eigenvalue weighted by atomic mass is 16.5. The first-order valence-electron chi connectivity index (χ1n) is 12.6. The fraction of sp³-hybridized carbons (Fsp3) is 0.182. The maximum Gasteiger partial charge on any atom is 0.189 e. The van der Waals surface area contributed by atoms with E-state index in [0.717, 1.165) is 36.1 Å². The number of rotatable bonds is 10. The lowest BCUT2D eigenvalue weighted by atomic mass is 10.0. The van der Waals surface area contributed by atoms with Crippen LogP contribution in [0.5, 0.6) is 28.7 Å². The molecule has 0 radical (unpaired) electrons. The lowest BCUT2D eigenvalue weighted by Crippen LogP contribution is -1.95. The van der Waals surface area contributed by atoms with Crippen molar-refractivity contribution in [1.29, 1.82) is 0 Å². The highest BCUT2D eigenvalue weighted by molar-refractivity contribution is 6.08. The van der Waals surface area contributed by atoms with Gasteiger partial charge in [-0.15, -0.1) is 0 Å². The lowest BCUT2D eigenvalue weighted by Gasteiger charge is -2.07. The Balaban J connectivity index is 0.000000218. The Morgan fingerprint density at radius 3 is 2.00 bits per heavy atom. The maximum atomic E-state index is 12.0. The molecule has 0 atom stereocenters. The number of allylic oxidation sites excluding steroid dienone is 1. The molecule has 0 heterocycles. The fourth-order valence-electron chi connectivity index (χ4n) is 3.89. The minimum absolute atomic E-state index is 0.0335. The molecule has 202 valence electrons. The smallest absolute Gasteiger partial charge is 0.189 e. The predicted molar refractivity (Wildman–Crippen MR) is 154 cm³/mol. The van der Waals surface area contributed by atoms with Gasteiger partial charge in [0.15, 0.2) is 5.78 Å². The third-order valence-corrected chi connectivity index (χ3v) is 6.09. The number of ether oxygens (including phenoxy) is 3. The minimum atomic E-state index is -0.272. The molecule has 0 aliphatic rings. The number of hydrogen-bond acceptors (Lipinski definition) is 6. The van der Waals surface area contributed by atoms with Crippen LogP contribution in [0.25, 0.3) is 6.08 Å². The molecule has 0 aromatic heterocycles. The van der Waals surface area contributed by atoms with Crippen LogP contribution in [0.4, 0.5) is 0 Å². The number of phenols is 2. The van der Waals surface area contributed by atoms with Crippen molar-refractivity contribution in [2.75, 3.05) is 21.3 Å². The third kappa shape index (κ3) is 8.68. The lowest BCUT2D eigenvalue weighted by molar-refractivity contribution is 0.104. The molecule has 4 aromatic carbocycles. The standard InChI is InChI=1S/C17H16O4.C16H18O2/c1-20-13-9-7-12(17(11-13)21-2)8-10-16(19)14-5-3-4-6-15(14)18;1-18-15-11-9-13(10-12-15)5-4-7-14-6-2-3-8-16(14)17/h3-11,18H,1-2H3;2-3,6,8-12,17H,4-5,7H2,1H3. The molecule has 39 heavy (non-hydrogen) atoms. The van der Waals surface area contributed by atoms with Crippen molar-refractivity contribution in [2.45, 2.75) is 19.3 Å². The van der Waals surface area contributed by atoms with Crippen molar-refractivity contribution in [1.82, 2.24) is 0 Å². The van der Waals surface area contributed by atoms with E-state index in [1.54, 1.807) is 69.9 Å². The number of phenolic OH excluding ortho intramolecular Hbond substituents is 2. The Kier molecular flexibility index (Phi) is 11.0. The summed E-state index contributed by atoms with van der Waals surface area (Å²) in [6.45, 7) is 0. The van der Waals surface area contributed by atoms with Crippen molar-refractivity contribution >= 4 is 11.9 Å². The number of para-hydroxylation sites is 2. The number of aromatic hydroxyl groups is 2. The second-order valence-electron chi connectivity index (χ2n) is 8.65. The zero-order valence-electron chi connectivity index (χ0n) is 22.5. The van der Waals surface area contributed by atoms with Crippen LogP contribution in [0.3, 0.4) is 0 Å². The maximum absolute atomic E-state index is 12.0. The Labute approximate surface area is 229 Å². The van der Waals surface area contributed by atoms with Crippen LogP contribution in [0.2, 0.25) is 0 Å². The largest absolute Gasteiger partial charge is 0.508 e. The van der Waals surface area contributed by atoms with E-state index in [9.17, 15) is 15.0 Å². The van der Waals surface area contributed by atoms with E-state index in [1.165, 1.54) is 17.7 Å². The van der Waals surface area contributed by atoms with Gasteiger partial charge in [0.2, 0.25) is 0 Å². The first-order chi connectivity index (χ1) is 18.9. The molecule has 0 saturated heterocycles. The van der Waals surface area contributed by atoms with E-state index in [1.807, 2.05) is 30.3 Å². The van der Waals surface area contributed by atoms with Gasteiger partial charge in [-0.2, -0.15) is 0 Å². The van der Waals surface area contributed by atoms with Gasteiger partial charge in [0, 0.05) is 11.6 Å². The van der Waals surface area contributed by atoms with Crippen molar-refractivity contribution in [3.05, 3.63) is 119 Å². The summed E-state index contributed by atoms with van der Waals surface area (Å²) in [6, 6.07) is 27.4. The van der Waals surface area contributed by atoms with Gasteiger partial charge in [0.05, 0.1) is 26.9 Å². The van der Waals surface area contributed by atoms with Crippen molar-refractivity contribution < 1.29 is 29.2 Å². The average molecular weight is 527 g/mol. The molecule has 4 aromatic rings. The summed E-state index contributed by atoms with van der Waals surface area (Å²) in [5, 5.41) is 19.3. The average Bonchev–Trinajstić information content (AvgIpc) is 2.97. The van der Waals surface area contributed by atoms with Crippen LogP contribution >= 0.6 is 0 Å². The molecular weight excluding hydrogens is 492 g/mol. The fourth-order valence-corrected chi connectivity index (χ4v) is 3.89. The monoisotopic (exact) mass is 526 g/mol. The van der Waals surface area contributed by atoms with Gasteiger partial charge in [-0.3, -0.25) is 4.79 Å². The molecule has 0 aliphatic heterocycles. The van der Waals surface area contributed by atoms with Gasteiger partial charge in [0.1, 0.15) is 28.7 Å². The molecule has 6 heteroatoms. The number of benzene rings is 4. The zero-order chi connectivity index (χ0) is 28.0. The molecule has 4 rings (SSSR count). The van der Waals surface area contributed by atoms with E-state index in [-0.39, 0.29) is 17.1 Å². The summed E-state index contributed by atoms with van der Waals surface area (Å²) in [5.41, 5.74) is 3.33. The van der Waals surface area contributed by atoms with Gasteiger partial charge in [-0.05, 0) is 85.0 Å². The molecule has 0 saturated carbocycles. The number of methoxy groups -OCH3 is 3. The Bertz CT molecular complexity index is 1380. The molecule has 0 amide bonds. The van der Waals surface area contributed by atoms with Crippen LogP contribution < -0.4 is 14.2 Å². The SMILES string of the molecule is COc1ccc(C=CC(=O)c2ccccc2O)c(OC)c1.COc1ccc(CCCc2ccccc2O)cc1. The van der Waals surface area contributed by atoms with Crippen LogP contribution in [0.15, 0.2) is 97.1 Å². The summed E-state index contributed by atoms with van der Waals surface area (Å²) in [4.78, 5) is 12.0. The van der Waals surface area contributed by atoms with Crippen molar-refractivity contribution in [3.63, 3.8) is 0 Å². The number of carbonyl (C=O) groups is 1. The molecule has 2 N–H and O–H groups in total. The number of carbonyl (C=O) groups excluding carboxylic acids is 1. The third-order valence-electron chi connectivity index (χ3n) is 6.09. The van der Waals surface area contributed by atoms with E-state index < -0.39 is 0 Å². The van der Waals surface area contributed by atoms with Gasteiger partial charge in [-0.1, -0.05) is 42.5 Å². The van der Waals surface area contributed by atoms with Gasteiger partial charge >= 0.3 is 0 Å². The normalized spacial score (nSPS) is 10.4. The number of hydrogen-bond donors (Lipinski definition) is 2. The first-order valence-corrected chi connectivity index (χ1v) is 12.6. The summed E-state index contributed by atoms with van der Waals surface area (Å²) < 4.78 is 15.5.